The first-order valence-corrected chi connectivity index (χ1v) is 7.15. The molecule has 9 nitrogen and oxygen atoms in total. The molecule has 0 unspecified atom stereocenters. The van der Waals surface area contributed by atoms with Crippen LogP contribution < -0.4 is 5.32 Å². The summed E-state index contributed by atoms with van der Waals surface area (Å²) in [5, 5.41) is 2.41. The zero-order chi connectivity index (χ0) is 18.4. The second-order valence-corrected chi connectivity index (χ2v) is 5.18. The quantitative estimate of drug-likeness (QED) is 0.527. The van der Waals surface area contributed by atoms with Crippen LogP contribution in [0.25, 0.3) is 0 Å². The third kappa shape index (κ3) is 5.44. The minimum atomic E-state index is -1.41. The zero-order valence-electron chi connectivity index (χ0n) is 13.7. The van der Waals surface area contributed by atoms with Crippen molar-refractivity contribution in [3.8, 4) is 0 Å². The summed E-state index contributed by atoms with van der Waals surface area (Å²) in [5.74, 6) is -2.81. The number of ether oxygens (including phenoxy) is 4. The van der Waals surface area contributed by atoms with Crippen molar-refractivity contribution in [3.63, 3.8) is 0 Å². The monoisotopic (exact) mass is 349 g/mol. The zero-order valence-corrected chi connectivity index (χ0v) is 13.7. The summed E-state index contributed by atoms with van der Waals surface area (Å²) >= 11 is 0. The number of halogens is 1. The molecule has 1 N–H and O–H groups in total. The number of hydrogen-bond acceptors (Lipinski definition) is 8. The van der Waals surface area contributed by atoms with Crippen molar-refractivity contribution in [1.82, 2.24) is 5.32 Å². The molecule has 1 amide bonds. The van der Waals surface area contributed by atoms with Gasteiger partial charge in [0.1, 0.15) is 18.8 Å². The van der Waals surface area contributed by atoms with E-state index < -0.39 is 61.1 Å². The Hall–Kier alpha value is -2.23. The molecule has 0 aliphatic carbocycles. The van der Waals surface area contributed by atoms with E-state index in [1.807, 2.05) is 0 Å². The van der Waals surface area contributed by atoms with E-state index in [1.54, 1.807) is 0 Å². The molecule has 136 valence electrons. The van der Waals surface area contributed by atoms with E-state index in [0.717, 1.165) is 20.8 Å². The first-order valence-electron chi connectivity index (χ1n) is 7.15. The van der Waals surface area contributed by atoms with Gasteiger partial charge in [0.2, 0.25) is 12.2 Å². The number of alkyl halides is 1. The van der Waals surface area contributed by atoms with Gasteiger partial charge in [0.05, 0.1) is 0 Å². The largest absolute Gasteiger partial charge is 0.456 e. The Kier molecular flexibility index (Phi) is 7.08. The predicted octanol–water partition coefficient (Wildman–Crippen LogP) is -0.388. The Balaban J connectivity index is 3.23. The molecule has 0 aromatic rings. The fraction of sp³-hybridized carbons (Fsp3) is 0.714. The average Bonchev–Trinajstić information content (AvgIpc) is 2.42. The van der Waals surface area contributed by atoms with Crippen molar-refractivity contribution >= 4 is 23.8 Å². The lowest BCUT2D eigenvalue weighted by Crippen LogP contribution is -2.66. The summed E-state index contributed by atoms with van der Waals surface area (Å²) in [4.78, 5) is 45.3. The average molecular weight is 349 g/mol. The number of carbonyl (C=O) groups is 4. The molecule has 0 aromatic carbocycles. The lowest BCUT2D eigenvalue weighted by atomic mass is 9.96. The van der Waals surface area contributed by atoms with Crippen molar-refractivity contribution < 1.29 is 42.5 Å². The number of carbonyl (C=O) groups excluding carboxylic acids is 4. The molecule has 1 aliphatic rings. The number of rotatable bonds is 5. The predicted molar refractivity (Wildman–Crippen MR) is 75.1 cm³/mol. The summed E-state index contributed by atoms with van der Waals surface area (Å²) in [6.07, 6.45) is -5.37. The summed E-state index contributed by atoms with van der Waals surface area (Å²) in [5.41, 5.74) is 0. The molecule has 1 fully saturated rings. The van der Waals surface area contributed by atoms with Crippen LogP contribution in [0.1, 0.15) is 27.7 Å². The normalized spacial score (nSPS) is 29.3. The standard InChI is InChI=1S/C14H20FNO8/c1-6(17)16-11-13(22-8(3)19)12(21-7(2)18)10(5-15)24-14(11)23-9(4)20/h10-14H,5H2,1-4H3,(H,16,17)/t10-,11-,12-,13-,14-/m1/s1. The van der Waals surface area contributed by atoms with E-state index in [2.05, 4.69) is 5.32 Å². The van der Waals surface area contributed by atoms with Gasteiger partial charge in [-0.1, -0.05) is 0 Å². The number of amides is 1. The SMILES string of the molecule is CC(=O)N[C@H]1[C@H](OC(C)=O)O[C@H](CF)[C@@H](OC(C)=O)[C@@H]1OC(C)=O. The van der Waals surface area contributed by atoms with Crippen LogP contribution in [-0.4, -0.2) is 61.1 Å². The van der Waals surface area contributed by atoms with Gasteiger partial charge in [-0.3, -0.25) is 19.2 Å². The molecular formula is C14H20FNO8. The lowest BCUT2D eigenvalue weighted by molar-refractivity contribution is -0.266. The molecule has 0 spiro atoms. The fourth-order valence-corrected chi connectivity index (χ4v) is 2.35. The van der Waals surface area contributed by atoms with E-state index in [4.69, 9.17) is 18.9 Å². The van der Waals surface area contributed by atoms with Gasteiger partial charge in [0.25, 0.3) is 0 Å². The van der Waals surface area contributed by atoms with E-state index >= 15 is 0 Å². The third-order valence-electron chi connectivity index (χ3n) is 3.05. The highest BCUT2D eigenvalue weighted by molar-refractivity contribution is 5.74. The van der Waals surface area contributed by atoms with Crippen LogP contribution in [0.2, 0.25) is 0 Å². The molecule has 0 radical (unpaired) electrons. The summed E-state index contributed by atoms with van der Waals surface area (Å²) in [6, 6.07) is -1.18. The van der Waals surface area contributed by atoms with Gasteiger partial charge in [0, 0.05) is 27.7 Å². The van der Waals surface area contributed by atoms with Gasteiger partial charge in [-0.25, -0.2) is 4.39 Å². The van der Waals surface area contributed by atoms with E-state index in [0.29, 0.717) is 0 Å². The Labute approximate surface area is 137 Å². The highest BCUT2D eigenvalue weighted by Gasteiger charge is 2.51. The van der Waals surface area contributed by atoms with E-state index in [1.165, 1.54) is 6.92 Å². The smallest absolute Gasteiger partial charge is 0.305 e. The molecule has 1 aliphatic heterocycles. The second-order valence-electron chi connectivity index (χ2n) is 5.18. The Morgan fingerprint density at radius 1 is 0.917 bits per heavy atom. The fourth-order valence-electron chi connectivity index (χ4n) is 2.35. The number of nitrogens with one attached hydrogen (secondary N) is 1. The second kappa shape index (κ2) is 8.57. The van der Waals surface area contributed by atoms with Gasteiger partial charge < -0.3 is 24.3 Å². The van der Waals surface area contributed by atoms with Crippen molar-refractivity contribution in [2.45, 2.75) is 58.3 Å². The molecule has 24 heavy (non-hydrogen) atoms. The Bertz CT molecular complexity index is 511. The van der Waals surface area contributed by atoms with Crippen molar-refractivity contribution in [3.05, 3.63) is 0 Å². The van der Waals surface area contributed by atoms with Crippen molar-refractivity contribution in [2.24, 2.45) is 0 Å². The van der Waals surface area contributed by atoms with Crippen LogP contribution in [0.4, 0.5) is 4.39 Å². The molecule has 5 atom stereocenters. The topological polar surface area (TPSA) is 117 Å². The Morgan fingerprint density at radius 3 is 1.83 bits per heavy atom. The van der Waals surface area contributed by atoms with Crippen LogP contribution in [0, 0.1) is 0 Å². The summed E-state index contributed by atoms with van der Waals surface area (Å²) < 4.78 is 33.6. The molecule has 0 bridgehead atoms. The van der Waals surface area contributed by atoms with Crippen LogP contribution in [0.5, 0.6) is 0 Å². The van der Waals surface area contributed by atoms with Crippen molar-refractivity contribution in [1.29, 1.82) is 0 Å². The van der Waals surface area contributed by atoms with E-state index in [-0.39, 0.29) is 0 Å². The highest BCUT2D eigenvalue weighted by atomic mass is 19.1. The van der Waals surface area contributed by atoms with Gasteiger partial charge in [-0.05, 0) is 0 Å². The molecule has 10 heteroatoms. The molecule has 0 saturated carbocycles. The number of esters is 3. The maximum Gasteiger partial charge on any atom is 0.305 e. The maximum absolute atomic E-state index is 13.3. The van der Waals surface area contributed by atoms with Gasteiger partial charge >= 0.3 is 17.9 Å². The van der Waals surface area contributed by atoms with Crippen LogP contribution in [-0.2, 0) is 38.1 Å². The maximum atomic E-state index is 13.3. The first kappa shape index (κ1) is 19.8. The van der Waals surface area contributed by atoms with Crippen LogP contribution in [0.15, 0.2) is 0 Å². The first-order chi connectivity index (χ1) is 11.1. The summed E-state index contributed by atoms with van der Waals surface area (Å²) in [6.45, 7) is 3.36. The molecule has 1 heterocycles. The van der Waals surface area contributed by atoms with E-state index in [9.17, 15) is 23.6 Å². The van der Waals surface area contributed by atoms with Gasteiger partial charge in [0.15, 0.2) is 12.2 Å². The molecular weight excluding hydrogens is 329 g/mol. The third-order valence-corrected chi connectivity index (χ3v) is 3.05. The molecule has 1 rings (SSSR count). The van der Waals surface area contributed by atoms with Gasteiger partial charge in [-0.15, -0.1) is 0 Å². The highest BCUT2D eigenvalue weighted by Crippen LogP contribution is 2.27. The van der Waals surface area contributed by atoms with Crippen LogP contribution >= 0.6 is 0 Å². The summed E-state index contributed by atoms with van der Waals surface area (Å²) in [7, 11) is 0. The Morgan fingerprint density at radius 2 is 1.42 bits per heavy atom. The molecule has 0 aromatic heterocycles. The van der Waals surface area contributed by atoms with Gasteiger partial charge in [-0.2, -0.15) is 0 Å². The van der Waals surface area contributed by atoms with Crippen molar-refractivity contribution in [2.75, 3.05) is 6.67 Å². The lowest BCUT2D eigenvalue weighted by Gasteiger charge is -2.43. The minimum Gasteiger partial charge on any atom is -0.456 e. The number of hydrogen-bond donors (Lipinski definition) is 1. The minimum absolute atomic E-state index is 0.543. The van der Waals surface area contributed by atoms with Crippen LogP contribution in [0.3, 0.4) is 0 Å². The molecule has 1 saturated heterocycles.